The smallest absolute Gasteiger partial charge is 0.405 e. The van der Waals surface area contributed by atoms with Gasteiger partial charge in [-0.25, -0.2) is 18.6 Å². The molecule has 208 valence electrons. The second-order valence-electron chi connectivity index (χ2n) is 9.64. The lowest BCUT2D eigenvalue weighted by Gasteiger charge is -2.42. The molecule has 1 fully saturated rings. The summed E-state index contributed by atoms with van der Waals surface area (Å²) in [4.78, 5) is 22.4. The molecule has 0 aliphatic carbocycles. The van der Waals surface area contributed by atoms with Gasteiger partial charge in [0.15, 0.2) is 11.3 Å². The lowest BCUT2D eigenvalue weighted by molar-refractivity contribution is 0.166. The Morgan fingerprint density at radius 1 is 1.17 bits per heavy atom. The quantitative estimate of drug-likeness (QED) is 0.258. The molecule has 1 saturated heterocycles. The number of anilines is 1. The summed E-state index contributed by atoms with van der Waals surface area (Å²) in [5, 5.41) is 35.1. The number of aromatic nitrogens is 6. The van der Waals surface area contributed by atoms with Gasteiger partial charge in [0.1, 0.15) is 22.9 Å². The lowest BCUT2D eigenvalue weighted by Crippen LogP contribution is -2.53. The number of carbonyl (C=O) groups is 1. The summed E-state index contributed by atoms with van der Waals surface area (Å²) in [6.07, 6.45) is -1.06. The van der Waals surface area contributed by atoms with Crippen LogP contribution in [-0.4, -0.2) is 54.2 Å². The molecule has 1 aliphatic heterocycles. The fraction of sp³-hybridized carbons (Fsp3) is 0.231. The molecular formula is C26H19Cl2F2N9O2. The molecule has 0 saturated carbocycles. The summed E-state index contributed by atoms with van der Waals surface area (Å²) in [5.41, 5.74) is 0.610. The van der Waals surface area contributed by atoms with Crippen molar-refractivity contribution in [2.24, 2.45) is 7.05 Å². The number of hydrogen-bond acceptors (Lipinski definition) is 7. The number of aromatic amines is 1. The van der Waals surface area contributed by atoms with Crippen molar-refractivity contribution in [1.82, 2.24) is 35.3 Å². The van der Waals surface area contributed by atoms with Crippen molar-refractivity contribution >= 4 is 57.2 Å². The molecule has 11 nitrogen and oxygen atoms in total. The number of piperidine rings is 1. The van der Waals surface area contributed by atoms with Crippen LogP contribution in [0.15, 0.2) is 30.3 Å². The molecule has 3 aromatic heterocycles. The topological polar surface area (TPSA) is 149 Å². The molecule has 0 radical (unpaired) electrons. The van der Waals surface area contributed by atoms with Gasteiger partial charge < -0.3 is 15.3 Å². The molecule has 3 N–H and O–H groups in total. The second kappa shape index (κ2) is 9.83. The van der Waals surface area contributed by atoms with Gasteiger partial charge in [-0.1, -0.05) is 29.3 Å². The third-order valence-corrected chi connectivity index (χ3v) is 8.16. The first kappa shape index (κ1) is 26.7. The number of nitriles is 1. The van der Waals surface area contributed by atoms with Crippen molar-refractivity contribution in [3.05, 3.63) is 63.4 Å². The summed E-state index contributed by atoms with van der Waals surface area (Å²) in [6, 6.07) is 8.66. The zero-order chi connectivity index (χ0) is 29.1. The first-order valence-electron chi connectivity index (χ1n) is 12.3. The highest BCUT2D eigenvalue weighted by atomic mass is 35.5. The zero-order valence-corrected chi connectivity index (χ0v) is 22.7. The summed E-state index contributed by atoms with van der Waals surface area (Å²) < 4.78 is 29.8. The minimum absolute atomic E-state index is 0.0484. The lowest BCUT2D eigenvalue weighted by atomic mass is 9.80. The van der Waals surface area contributed by atoms with Crippen molar-refractivity contribution in [2.45, 2.75) is 18.4 Å². The molecular weight excluding hydrogens is 579 g/mol. The molecule has 5 aromatic rings. The Balaban J connectivity index is 1.36. The number of fused-ring (bicyclic) bond motifs is 2. The Bertz CT molecular complexity index is 1910. The van der Waals surface area contributed by atoms with Crippen molar-refractivity contribution in [3.8, 4) is 17.3 Å². The molecule has 0 spiro atoms. The van der Waals surface area contributed by atoms with Crippen molar-refractivity contribution in [3.63, 3.8) is 0 Å². The number of H-pyrrole nitrogens is 1. The summed E-state index contributed by atoms with van der Waals surface area (Å²) in [7, 11) is 1.70. The Morgan fingerprint density at radius 2 is 1.93 bits per heavy atom. The number of carboxylic acid groups (broad SMARTS) is 1. The van der Waals surface area contributed by atoms with Crippen LogP contribution in [0, 0.1) is 23.0 Å². The van der Waals surface area contributed by atoms with E-state index < -0.39 is 23.3 Å². The SMILES string of the molecule is Cn1nc2ccc(-c3[nH]nc4nc(N5CCC(NC(=O)O)(c6ccc(F)cc6F)CC5)nc(C#N)c34)c(Cl)c2c1Cl. The van der Waals surface area contributed by atoms with Gasteiger partial charge in [-0.15, -0.1) is 0 Å². The van der Waals surface area contributed by atoms with Crippen LogP contribution in [-0.2, 0) is 12.6 Å². The maximum atomic E-state index is 14.7. The average Bonchev–Trinajstić information content (AvgIpc) is 3.49. The number of amides is 1. The van der Waals surface area contributed by atoms with E-state index in [2.05, 4.69) is 36.7 Å². The molecule has 41 heavy (non-hydrogen) atoms. The van der Waals surface area contributed by atoms with Crippen molar-refractivity contribution < 1.29 is 18.7 Å². The summed E-state index contributed by atoms with van der Waals surface area (Å²) in [5.74, 6) is -1.40. The van der Waals surface area contributed by atoms with E-state index in [-0.39, 0.29) is 48.8 Å². The molecule has 4 heterocycles. The number of benzene rings is 2. The van der Waals surface area contributed by atoms with Gasteiger partial charge in [0, 0.05) is 37.3 Å². The monoisotopic (exact) mass is 597 g/mol. The molecule has 15 heteroatoms. The Labute approximate surface area is 240 Å². The van der Waals surface area contributed by atoms with Crippen LogP contribution >= 0.6 is 23.2 Å². The van der Waals surface area contributed by atoms with Gasteiger partial charge in [0.2, 0.25) is 5.95 Å². The largest absolute Gasteiger partial charge is 0.465 e. The standard InChI is InChI=1S/C26H19Cl2F2N9O2/c1-38-22(28)18-16(37-38)5-3-13(20(18)27)21-19-17(11-31)32-24(33-23(19)36-35-21)39-8-6-26(7-9-39,34-25(40)41)14-4-2-12(29)10-15(14)30/h2-5,10,34H,6-9H2,1H3,(H,40,41)(H,32,33,35,36). The molecule has 0 unspecified atom stereocenters. The minimum Gasteiger partial charge on any atom is -0.465 e. The predicted octanol–water partition coefficient (Wildman–Crippen LogP) is 5.13. The fourth-order valence-corrected chi connectivity index (χ4v) is 5.99. The Hall–Kier alpha value is -4.54. The second-order valence-corrected chi connectivity index (χ2v) is 10.4. The maximum Gasteiger partial charge on any atom is 0.405 e. The first-order chi connectivity index (χ1) is 19.6. The Morgan fingerprint density at radius 3 is 2.61 bits per heavy atom. The van der Waals surface area contributed by atoms with Gasteiger partial charge in [0.25, 0.3) is 0 Å². The van der Waals surface area contributed by atoms with Crippen LogP contribution in [0.5, 0.6) is 0 Å². The maximum absolute atomic E-state index is 14.7. The van der Waals surface area contributed by atoms with Crippen LogP contribution in [0.1, 0.15) is 24.1 Å². The van der Waals surface area contributed by atoms with E-state index in [9.17, 15) is 23.9 Å². The van der Waals surface area contributed by atoms with Gasteiger partial charge in [-0.2, -0.15) is 20.4 Å². The number of halogens is 4. The molecule has 1 aliphatic rings. The van der Waals surface area contributed by atoms with Gasteiger partial charge in [-0.3, -0.25) is 9.78 Å². The van der Waals surface area contributed by atoms with E-state index in [1.54, 1.807) is 24.1 Å². The van der Waals surface area contributed by atoms with Crippen molar-refractivity contribution in [1.29, 1.82) is 5.26 Å². The number of hydrogen-bond donors (Lipinski definition) is 3. The van der Waals surface area contributed by atoms with Crippen molar-refractivity contribution in [2.75, 3.05) is 18.0 Å². The van der Waals surface area contributed by atoms with Crippen LogP contribution in [0.2, 0.25) is 10.2 Å². The molecule has 0 atom stereocenters. The highest BCUT2D eigenvalue weighted by molar-refractivity contribution is 6.43. The fourth-order valence-electron chi connectivity index (χ4n) is 5.37. The predicted molar refractivity (Wildman–Crippen MR) is 147 cm³/mol. The average molecular weight is 598 g/mol. The highest BCUT2D eigenvalue weighted by Crippen LogP contribution is 2.40. The van der Waals surface area contributed by atoms with E-state index in [1.165, 1.54) is 10.7 Å². The molecule has 6 rings (SSSR count). The van der Waals surface area contributed by atoms with Crippen LogP contribution in [0.3, 0.4) is 0 Å². The van der Waals surface area contributed by atoms with E-state index in [0.29, 0.717) is 37.7 Å². The minimum atomic E-state index is -1.33. The number of rotatable bonds is 4. The molecule has 0 bridgehead atoms. The molecule has 2 aromatic carbocycles. The summed E-state index contributed by atoms with van der Waals surface area (Å²) >= 11 is 13.1. The number of nitrogens with one attached hydrogen (secondary N) is 2. The van der Waals surface area contributed by atoms with Crippen LogP contribution < -0.4 is 10.2 Å². The highest BCUT2D eigenvalue weighted by Gasteiger charge is 2.40. The van der Waals surface area contributed by atoms with E-state index in [4.69, 9.17) is 23.2 Å². The van der Waals surface area contributed by atoms with Gasteiger partial charge in [-0.05, 0) is 31.0 Å². The van der Waals surface area contributed by atoms with E-state index in [0.717, 1.165) is 12.1 Å². The van der Waals surface area contributed by atoms with E-state index >= 15 is 0 Å². The summed E-state index contributed by atoms with van der Waals surface area (Å²) in [6.45, 7) is 0.430. The number of aryl methyl sites for hydroxylation is 1. The van der Waals surface area contributed by atoms with Crippen LogP contribution in [0.25, 0.3) is 33.2 Å². The third-order valence-electron chi connectivity index (χ3n) is 7.34. The zero-order valence-electron chi connectivity index (χ0n) is 21.2. The molecule has 1 amide bonds. The van der Waals surface area contributed by atoms with Crippen LogP contribution in [0.4, 0.5) is 19.5 Å². The van der Waals surface area contributed by atoms with Gasteiger partial charge in [0.05, 0.1) is 32.5 Å². The third kappa shape index (κ3) is 4.36. The normalized spacial score (nSPS) is 14.9. The van der Waals surface area contributed by atoms with Gasteiger partial charge >= 0.3 is 6.09 Å². The first-order valence-corrected chi connectivity index (χ1v) is 13.1. The Kier molecular flexibility index (Phi) is 6.39. The van der Waals surface area contributed by atoms with E-state index in [1.807, 2.05) is 0 Å². The number of nitrogens with zero attached hydrogens (tertiary/aromatic N) is 7.